The number of carbonyl (C=O) groups excluding carboxylic acids is 1. The van der Waals surface area contributed by atoms with E-state index in [0.717, 1.165) is 28.1 Å². The van der Waals surface area contributed by atoms with Crippen molar-refractivity contribution in [2.45, 2.75) is 45.7 Å². The summed E-state index contributed by atoms with van der Waals surface area (Å²) in [5.74, 6) is -0.0476. The first-order valence-corrected chi connectivity index (χ1v) is 12.3. The van der Waals surface area contributed by atoms with Crippen LogP contribution in [0.4, 0.5) is 13.2 Å². The molecule has 0 saturated carbocycles. The monoisotopic (exact) mass is 513 g/mol. The summed E-state index contributed by atoms with van der Waals surface area (Å²) in [5.41, 5.74) is 2.07. The minimum atomic E-state index is -4.41. The van der Waals surface area contributed by atoms with E-state index in [0.29, 0.717) is 18.0 Å². The molecular formula is C27H26F3N3O2S. The van der Waals surface area contributed by atoms with Crippen molar-refractivity contribution >= 4 is 17.2 Å². The van der Waals surface area contributed by atoms with Gasteiger partial charge in [0.15, 0.2) is 5.69 Å². The fraction of sp³-hybridized carbons (Fsp3) is 0.259. The fourth-order valence-electron chi connectivity index (χ4n) is 3.82. The molecule has 188 valence electrons. The summed E-state index contributed by atoms with van der Waals surface area (Å²) >= 11 is 1.58. The van der Waals surface area contributed by atoms with E-state index in [-0.39, 0.29) is 30.7 Å². The summed E-state index contributed by atoms with van der Waals surface area (Å²) in [7, 11) is 0. The van der Waals surface area contributed by atoms with Crippen molar-refractivity contribution in [2.75, 3.05) is 0 Å². The minimum absolute atomic E-state index is 0.152. The molecule has 0 aliphatic carbocycles. The van der Waals surface area contributed by atoms with E-state index < -0.39 is 11.7 Å². The Kier molecular flexibility index (Phi) is 7.91. The van der Waals surface area contributed by atoms with E-state index in [1.54, 1.807) is 17.4 Å². The highest BCUT2D eigenvalue weighted by Crippen LogP contribution is 2.30. The molecule has 0 bridgehead atoms. The van der Waals surface area contributed by atoms with Crippen molar-refractivity contribution in [3.8, 4) is 0 Å². The molecule has 0 saturated heterocycles. The van der Waals surface area contributed by atoms with E-state index in [4.69, 9.17) is 4.42 Å². The van der Waals surface area contributed by atoms with Crippen LogP contribution in [0.25, 0.3) is 0 Å². The summed E-state index contributed by atoms with van der Waals surface area (Å²) in [6, 6.07) is 16.7. The molecule has 2 heterocycles. The number of hydrogen-bond donors (Lipinski definition) is 1. The van der Waals surface area contributed by atoms with Gasteiger partial charge in [0.2, 0.25) is 5.89 Å². The number of carbonyl (C=O) groups is 1. The van der Waals surface area contributed by atoms with E-state index >= 15 is 0 Å². The number of thiophene rings is 1. The Hall–Kier alpha value is -3.43. The van der Waals surface area contributed by atoms with Crippen LogP contribution in [0.15, 0.2) is 76.7 Å². The maximum absolute atomic E-state index is 13.2. The number of benzene rings is 2. The molecule has 1 amide bonds. The van der Waals surface area contributed by atoms with Crippen molar-refractivity contribution < 1.29 is 22.4 Å². The van der Waals surface area contributed by atoms with E-state index in [1.807, 2.05) is 60.5 Å². The largest absolute Gasteiger partial charge is 0.447 e. The maximum Gasteiger partial charge on any atom is 0.416 e. The predicted octanol–water partition coefficient (Wildman–Crippen LogP) is 6.76. The van der Waals surface area contributed by atoms with Crippen LogP contribution in [0.3, 0.4) is 0 Å². The standard InChI is InChI=1S/C27H26F3N3O2S/c1-18-11-12-36-24(18)15-33(14-20-7-6-10-22(13-20)27(28,29)30)16-25-32-23(17-35-25)26(34)31-19(2)21-8-4-3-5-9-21/h3-13,17,19H,14-16H2,1-2H3,(H,31,34). The first-order valence-electron chi connectivity index (χ1n) is 11.4. The zero-order valence-corrected chi connectivity index (χ0v) is 20.7. The third-order valence-corrected chi connectivity index (χ3v) is 6.79. The van der Waals surface area contributed by atoms with Gasteiger partial charge in [0.25, 0.3) is 5.91 Å². The SMILES string of the molecule is Cc1ccsc1CN(Cc1cccc(C(F)(F)F)c1)Cc1nc(C(=O)NC(C)c2ccccc2)co1. The Morgan fingerprint density at radius 1 is 1.08 bits per heavy atom. The molecule has 2 aromatic heterocycles. The second-order valence-corrected chi connectivity index (χ2v) is 9.60. The van der Waals surface area contributed by atoms with Gasteiger partial charge in [0.05, 0.1) is 18.2 Å². The number of rotatable bonds is 9. The number of oxazole rings is 1. The number of hydrogen-bond acceptors (Lipinski definition) is 5. The second-order valence-electron chi connectivity index (χ2n) is 8.60. The number of amides is 1. The summed E-state index contributed by atoms with van der Waals surface area (Å²) in [6.07, 6.45) is -3.10. The average Bonchev–Trinajstić information content (AvgIpc) is 3.48. The lowest BCUT2D eigenvalue weighted by molar-refractivity contribution is -0.137. The van der Waals surface area contributed by atoms with Gasteiger partial charge in [-0.25, -0.2) is 4.98 Å². The van der Waals surface area contributed by atoms with Crippen LogP contribution in [0.5, 0.6) is 0 Å². The molecule has 4 aromatic rings. The lowest BCUT2D eigenvalue weighted by Crippen LogP contribution is -2.27. The van der Waals surface area contributed by atoms with E-state index in [9.17, 15) is 18.0 Å². The Labute approximate surface area is 211 Å². The molecule has 0 spiro atoms. The third-order valence-electron chi connectivity index (χ3n) is 5.79. The van der Waals surface area contributed by atoms with Crippen LogP contribution in [0, 0.1) is 6.92 Å². The molecule has 0 fully saturated rings. The van der Waals surface area contributed by atoms with E-state index in [1.165, 1.54) is 12.3 Å². The Balaban J connectivity index is 1.49. The molecule has 4 rings (SSSR count). The lowest BCUT2D eigenvalue weighted by atomic mass is 10.1. The van der Waals surface area contributed by atoms with Crippen LogP contribution in [0.1, 0.15) is 56.5 Å². The summed E-state index contributed by atoms with van der Waals surface area (Å²) in [6.45, 7) is 4.88. The highest BCUT2D eigenvalue weighted by molar-refractivity contribution is 7.10. The zero-order chi connectivity index (χ0) is 25.7. The number of aromatic nitrogens is 1. The normalized spacial score (nSPS) is 12.6. The van der Waals surface area contributed by atoms with Gasteiger partial charge in [-0.05, 0) is 48.1 Å². The van der Waals surface area contributed by atoms with Crippen LogP contribution < -0.4 is 5.32 Å². The molecule has 1 N–H and O–H groups in total. The van der Waals surface area contributed by atoms with Crippen molar-refractivity contribution in [1.82, 2.24) is 15.2 Å². The number of nitrogens with zero attached hydrogens (tertiary/aromatic N) is 2. The summed E-state index contributed by atoms with van der Waals surface area (Å²) < 4.78 is 45.2. The lowest BCUT2D eigenvalue weighted by Gasteiger charge is -2.21. The zero-order valence-electron chi connectivity index (χ0n) is 19.9. The molecule has 36 heavy (non-hydrogen) atoms. The number of alkyl halides is 3. The molecule has 2 aromatic carbocycles. The fourth-order valence-corrected chi connectivity index (χ4v) is 4.76. The van der Waals surface area contributed by atoms with Crippen LogP contribution in [-0.4, -0.2) is 15.8 Å². The molecule has 9 heteroatoms. The van der Waals surface area contributed by atoms with Crippen LogP contribution >= 0.6 is 11.3 Å². The summed E-state index contributed by atoms with van der Waals surface area (Å²) in [5, 5.41) is 4.88. The number of aryl methyl sites for hydroxylation is 1. The maximum atomic E-state index is 13.2. The van der Waals surface area contributed by atoms with Crippen molar-refractivity contribution in [1.29, 1.82) is 0 Å². The van der Waals surface area contributed by atoms with Gasteiger partial charge in [-0.3, -0.25) is 9.69 Å². The Morgan fingerprint density at radius 2 is 1.86 bits per heavy atom. The second kappa shape index (κ2) is 11.1. The first-order chi connectivity index (χ1) is 17.2. The Morgan fingerprint density at radius 3 is 2.56 bits per heavy atom. The smallest absolute Gasteiger partial charge is 0.416 e. The molecular weight excluding hydrogens is 487 g/mol. The minimum Gasteiger partial charge on any atom is -0.447 e. The van der Waals surface area contributed by atoms with Crippen LogP contribution in [-0.2, 0) is 25.8 Å². The van der Waals surface area contributed by atoms with Gasteiger partial charge in [-0.2, -0.15) is 13.2 Å². The van der Waals surface area contributed by atoms with E-state index in [2.05, 4.69) is 10.3 Å². The van der Waals surface area contributed by atoms with Gasteiger partial charge in [0, 0.05) is 18.0 Å². The quantitative estimate of drug-likeness (QED) is 0.269. The number of nitrogens with one attached hydrogen (secondary N) is 1. The highest BCUT2D eigenvalue weighted by Gasteiger charge is 2.30. The molecule has 0 aliphatic heterocycles. The molecule has 1 atom stereocenters. The van der Waals surface area contributed by atoms with Gasteiger partial charge in [-0.15, -0.1) is 11.3 Å². The molecule has 0 aliphatic rings. The van der Waals surface area contributed by atoms with Crippen LogP contribution in [0.2, 0.25) is 0 Å². The van der Waals surface area contributed by atoms with Crippen molar-refractivity contribution in [3.05, 3.63) is 111 Å². The molecule has 0 radical (unpaired) electrons. The molecule has 5 nitrogen and oxygen atoms in total. The highest BCUT2D eigenvalue weighted by atomic mass is 32.1. The van der Waals surface area contributed by atoms with Crippen molar-refractivity contribution in [3.63, 3.8) is 0 Å². The van der Waals surface area contributed by atoms with Gasteiger partial charge in [-0.1, -0.05) is 48.5 Å². The van der Waals surface area contributed by atoms with Gasteiger partial charge < -0.3 is 9.73 Å². The molecule has 1 unspecified atom stereocenters. The first kappa shape index (κ1) is 25.7. The topological polar surface area (TPSA) is 58.4 Å². The third kappa shape index (κ3) is 6.61. The van der Waals surface area contributed by atoms with Gasteiger partial charge in [0.1, 0.15) is 6.26 Å². The Bertz CT molecular complexity index is 1300. The summed E-state index contributed by atoms with van der Waals surface area (Å²) in [4.78, 5) is 20.1. The van der Waals surface area contributed by atoms with Crippen molar-refractivity contribution in [2.24, 2.45) is 0 Å². The predicted molar refractivity (Wildman–Crippen MR) is 132 cm³/mol. The van der Waals surface area contributed by atoms with Gasteiger partial charge >= 0.3 is 6.18 Å². The average molecular weight is 514 g/mol. The number of halogens is 3.